The molecular formula is C15H20FNO4. The van der Waals surface area contributed by atoms with E-state index in [-0.39, 0.29) is 13.0 Å². The fourth-order valence-corrected chi connectivity index (χ4v) is 1.70. The van der Waals surface area contributed by atoms with Crippen LogP contribution in [0.2, 0.25) is 0 Å². The number of hydrogen-bond acceptors (Lipinski definition) is 3. The first-order valence-corrected chi connectivity index (χ1v) is 6.60. The summed E-state index contributed by atoms with van der Waals surface area (Å²) >= 11 is 0. The van der Waals surface area contributed by atoms with E-state index in [2.05, 4.69) is 5.32 Å². The number of carbonyl (C=O) groups is 2. The topological polar surface area (TPSA) is 75.6 Å². The molecule has 1 atom stereocenters. The zero-order valence-corrected chi connectivity index (χ0v) is 12.4. The Balaban J connectivity index is 2.45. The van der Waals surface area contributed by atoms with Crippen molar-refractivity contribution in [1.82, 2.24) is 5.32 Å². The minimum absolute atomic E-state index is 0.00360. The third-order valence-electron chi connectivity index (χ3n) is 2.81. The first kappa shape index (κ1) is 16.9. The molecule has 0 radical (unpaired) electrons. The van der Waals surface area contributed by atoms with Gasteiger partial charge in [-0.15, -0.1) is 0 Å². The summed E-state index contributed by atoms with van der Waals surface area (Å²) in [5.74, 6) is -1.60. The molecule has 21 heavy (non-hydrogen) atoms. The standard InChI is InChI=1S/C15H20FNO4/c1-15(2,3)13(14(19)20)17-12(18)7-8-21-11-6-4-5-10(16)9-11/h4-6,9,13H,7-8H2,1-3H3,(H,17,18)(H,19,20)/t13-/m1/s1. The molecule has 1 amide bonds. The molecule has 0 aromatic heterocycles. The summed E-state index contributed by atoms with van der Waals surface area (Å²) in [5.41, 5.74) is -0.592. The van der Waals surface area contributed by atoms with Crippen LogP contribution in [-0.2, 0) is 9.59 Å². The number of carbonyl (C=O) groups excluding carboxylic acids is 1. The highest BCUT2D eigenvalue weighted by atomic mass is 19.1. The number of benzene rings is 1. The first-order chi connectivity index (χ1) is 9.70. The van der Waals surface area contributed by atoms with Gasteiger partial charge in [-0.05, 0) is 17.5 Å². The predicted molar refractivity (Wildman–Crippen MR) is 75.5 cm³/mol. The van der Waals surface area contributed by atoms with Gasteiger partial charge in [0, 0.05) is 6.07 Å². The number of amides is 1. The second-order valence-corrected chi connectivity index (χ2v) is 5.76. The minimum Gasteiger partial charge on any atom is -0.493 e. The molecule has 0 heterocycles. The van der Waals surface area contributed by atoms with Gasteiger partial charge in [0.2, 0.25) is 5.91 Å². The monoisotopic (exact) mass is 297 g/mol. The predicted octanol–water partition coefficient (Wildman–Crippen LogP) is 2.21. The van der Waals surface area contributed by atoms with Gasteiger partial charge in [-0.3, -0.25) is 4.79 Å². The van der Waals surface area contributed by atoms with E-state index in [0.29, 0.717) is 5.75 Å². The van der Waals surface area contributed by atoms with E-state index in [1.54, 1.807) is 26.8 Å². The zero-order valence-electron chi connectivity index (χ0n) is 12.4. The Labute approximate surface area is 123 Å². The van der Waals surface area contributed by atoms with Crippen molar-refractivity contribution in [2.75, 3.05) is 6.61 Å². The lowest BCUT2D eigenvalue weighted by atomic mass is 9.86. The molecule has 1 aromatic rings. The quantitative estimate of drug-likeness (QED) is 0.844. The highest BCUT2D eigenvalue weighted by Crippen LogP contribution is 2.19. The first-order valence-electron chi connectivity index (χ1n) is 6.60. The summed E-state index contributed by atoms with van der Waals surface area (Å²) in [5, 5.41) is 11.6. The number of nitrogens with one attached hydrogen (secondary N) is 1. The smallest absolute Gasteiger partial charge is 0.326 e. The lowest BCUT2D eigenvalue weighted by Crippen LogP contribution is -2.49. The fourth-order valence-electron chi connectivity index (χ4n) is 1.70. The van der Waals surface area contributed by atoms with Crippen LogP contribution in [0.3, 0.4) is 0 Å². The fraction of sp³-hybridized carbons (Fsp3) is 0.467. The highest BCUT2D eigenvalue weighted by molar-refractivity contribution is 5.84. The molecule has 0 aliphatic rings. The van der Waals surface area contributed by atoms with Gasteiger partial charge in [-0.1, -0.05) is 26.8 Å². The van der Waals surface area contributed by atoms with Crippen molar-refractivity contribution in [3.8, 4) is 5.75 Å². The number of aliphatic carboxylic acids is 1. The Bertz CT molecular complexity index is 511. The summed E-state index contributed by atoms with van der Waals surface area (Å²) in [6.07, 6.45) is -0.00360. The van der Waals surface area contributed by atoms with Crippen LogP contribution in [0.25, 0.3) is 0 Å². The van der Waals surface area contributed by atoms with Crippen molar-refractivity contribution in [2.24, 2.45) is 5.41 Å². The van der Waals surface area contributed by atoms with Gasteiger partial charge < -0.3 is 15.2 Å². The van der Waals surface area contributed by atoms with Crippen LogP contribution in [0.1, 0.15) is 27.2 Å². The van der Waals surface area contributed by atoms with E-state index < -0.39 is 29.2 Å². The average Bonchev–Trinajstić information content (AvgIpc) is 2.34. The molecular weight excluding hydrogens is 277 g/mol. The maximum absolute atomic E-state index is 12.9. The summed E-state index contributed by atoms with van der Waals surface area (Å²) < 4.78 is 18.2. The number of ether oxygens (including phenoxy) is 1. The van der Waals surface area contributed by atoms with Gasteiger partial charge in [0.15, 0.2) is 0 Å². The van der Waals surface area contributed by atoms with Crippen molar-refractivity contribution in [2.45, 2.75) is 33.2 Å². The summed E-state index contributed by atoms with van der Waals surface area (Å²) in [6, 6.07) is 4.62. The molecule has 6 heteroatoms. The third kappa shape index (κ3) is 5.81. The molecule has 1 aromatic carbocycles. The molecule has 0 spiro atoms. The summed E-state index contributed by atoms with van der Waals surface area (Å²) in [4.78, 5) is 22.9. The Morgan fingerprint density at radius 1 is 1.38 bits per heavy atom. The van der Waals surface area contributed by atoms with Crippen molar-refractivity contribution in [1.29, 1.82) is 0 Å². The van der Waals surface area contributed by atoms with E-state index in [1.165, 1.54) is 18.2 Å². The number of carboxylic acid groups (broad SMARTS) is 1. The molecule has 0 fully saturated rings. The normalized spacial score (nSPS) is 12.6. The second kappa shape index (κ2) is 7.06. The number of hydrogen-bond donors (Lipinski definition) is 2. The molecule has 0 saturated carbocycles. The maximum atomic E-state index is 12.9. The van der Waals surface area contributed by atoms with Gasteiger partial charge in [0.05, 0.1) is 13.0 Å². The Hall–Kier alpha value is -2.11. The number of rotatable bonds is 6. The molecule has 2 N–H and O–H groups in total. The third-order valence-corrected chi connectivity index (χ3v) is 2.81. The largest absolute Gasteiger partial charge is 0.493 e. The van der Waals surface area contributed by atoms with Gasteiger partial charge in [-0.2, -0.15) is 0 Å². The lowest BCUT2D eigenvalue weighted by molar-refractivity contribution is -0.145. The number of halogens is 1. The van der Waals surface area contributed by atoms with Crippen molar-refractivity contribution in [3.05, 3.63) is 30.1 Å². The molecule has 0 bridgehead atoms. The van der Waals surface area contributed by atoms with Gasteiger partial charge in [0.25, 0.3) is 0 Å². The van der Waals surface area contributed by atoms with Crippen LogP contribution in [0.5, 0.6) is 5.75 Å². The average molecular weight is 297 g/mol. The Morgan fingerprint density at radius 3 is 2.57 bits per heavy atom. The molecule has 0 unspecified atom stereocenters. The lowest BCUT2D eigenvalue weighted by Gasteiger charge is -2.27. The van der Waals surface area contributed by atoms with E-state index >= 15 is 0 Å². The molecule has 0 aliphatic heterocycles. The van der Waals surface area contributed by atoms with Crippen LogP contribution in [0.4, 0.5) is 4.39 Å². The zero-order chi connectivity index (χ0) is 16.0. The molecule has 1 rings (SSSR count). The SMILES string of the molecule is CC(C)(C)[C@H](NC(=O)CCOc1cccc(F)c1)C(=O)O. The van der Waals surface area contributed by atoms with Crippen LogP contribution < -0.4 is 10.1 Å². The van der Waals surface area contributed by atoms with E-state index in [1.807, 2.05) is 0 Å². The van der Waals surface area contributed by atoms with Crippen molar-refractivity contribution in [3.63, 3.8) is 0 Å². The molecule has 116 valence electrons. The van der Waals surface area contributed by atoms with Crippen LogP contribution in [-0.4, -0.2) is 29.6 Å². The van der Waals surface area contributed by atoms with Crippen molar-refractivity contribution < 1.29 is 23.8 Å². The van der Waals surface area contributed by atoms with Gasteiger partial charge in [0.1, 0.15) is 17.6 Å². The van der Waals surface area contributed by atoms with Gasteiger partial charge >= 0.3 is 5.97 Å². The van der Waals surface area contributed by atoms with E-state index in [4.69, 9.17) is 9.84 Å². The number of carboxylic acids is 1. The van der Waals surface area contributed by atoms with Gasteiger partial charge in [-0.25, -0.2) is 9.18 Å². The van der Waals surface area contributed by atoms with Crippen LogP contribution in [0.15, 0.2) is 24.3 Å². The Morgan fingerprint density at radius 2 is 2.05 bits per heavy atom. The van der Waals surface area contributed by atoms with Crippen LogP contribution >= 0.6 is 0 Å². The molecule has 5 nitrogen and oxygen atoms in total. The molecule has 0 aliphatic carbocycles. The maximum Gasteiger partial charge on any atom is 0.326 e. The van der Waals surface area contributed by atoms with Crippen molar-refractivity contribution >= 4 is 11.9 Å². The van der Waals surface area contributed by atoms with E-state index in [9.17, 15) is 14.0 Å². The second-order valence-electron chi connectivity index (χ2n) is 5.76. The van der Waals surface area contributed by atoms with Crippen LogP contribution in [0, 0.1) is 11.2 Å². The molecule has 0 saturated heterocycles. The summed E-state index contributed by atoms with van der Waals surface area (Å²) in [6.45, 7) is 5.24. The Kier molecular flexibility index (Phi) is 5.69. The van der Waals surface area contributed by atoms with E-state index in [0.717, 1.165) is 0 Å². The summed E-state index contributed by atoms with van der Waals surface area (Å²) in [7, 11) is 0. The highest BCUT2D eigenvalue weighted by Gasteiger charge is 2.32. The minimum atomic E-state index is -1.08.